The monoisotopic (exact) mass is 209 g/mol. The summed E-state index contributed by atoms with van der Waals surface area (Å²) < 4.78 is 0. The van der Waals surface area contributed by atoms with E-state index in [9.17, 15) is 4.79 Å². The minimum absolute atomic E-state index is 0.256. The van der Waals surface area contributed by atoms with Gasteiger partial charge in [0.1, 0.15) is 0 Å². The molecule has 14 heavy (non-hydrogen) atoms. The molecule has 1 aromatic rings. The summed E-state index contributed by atoms with van der Waals surface area (Å²) in [6.07, 6.45) is 4.36. The molecular formula is C11H15NOS. The van der Waals surface area contributed by atoms with Crippen LogP contribution in [0.2, 0.25) is 0 Å². The molecule has 0 aliphatic heterocycles. The third-order valence-electron chi connectivity index (χ3n) is 2.77. The van der Waals surface area contributed by atoms with Crippen molar-refractivity contribution in [3.63, 3.8) is 0 Å². The molecule has 3 heteroatoms. The highest BCUT2D eigenvalue weighted by atomic mass is 32.1. The number of hydrogen-bond acceptors (Lipinski definition) is 2. The van der Waals surface area contributed by atoms with Gasteiger partial charge in [-0.2, -0.15) is 11.3 Å². The van der Waals surface area contributed by atoms with Crippen LogP contribution in [0.15, 0.2) is 16.8 Å². The van der Waals surface area contributed by atoms with Gasteiger partial charge in [-0.3, -0.25) is 4.79 Å². The quantitative estimate of drug-likeness (QED) is 0.809. The van der Waals surface area contributed by atoms with Crippen LogP contribution in [0.25, 0.3) is 0 Å². The predicted octanol–water partition coefficient (Wildman–Crippen LogP) is 2.21. The van der Waals surface area contributed by atoms with Crippen LogP contribution in [0.3, 0.4) is 0 Å². The van der Waals surface area contributed by atoms with Crippen molar-refractivity contribution in [1.82, 2.24) is 5.32 Å². The maximum absolute atomic E-state index is 11.4. The molecule has 0 unspecified atom stereocenters. The Bertz CT molecular complexity index is 290. The van der Waals surface area contributed by atoms with Crippen molar-refractivity contribution < 1.29 is 4.79 Å². The smallest absolute Gasteiger partial charge is 0.223 e. The van der Waals surface area contributed by atoms with Gasteiger partial charge < -0.3 is 5.32 Å². The van der Waals surface area contributed by atoms with E-state index in [0.717, 1.165) is 25.8 Å². The molecular weight excluding hydrogens is 194 g/mol. The Morgan fingerprint density at radius 2 is 2.43 bits per heavy atom. The number of nitrogens with one attached hydrogen (secondary N) is 1. The van der Waals surface area contributed by atoms with E-state index in [-0.39, 0.29) is 5.91 Å². The van der Waals surface area contributed by atoms with E-state index in [2.05, 4.69) is 22.1 Å². The molecule has 1 fully saturated rings. The van der Waals surface area contributed by atoms with Crippen molar-refractivity contribution in [2.45, 2.75) is 25.7 Å². The SMILES string of the molecule is O=C(NCCc1ccsc1)C1CCC1. The lowest BCUT2D eigenvalue weighted by atomic mass is 9.85. The van der Waals surface area contributed by atoms with Gasteiger partial charge in [0.15, 0.2) is 0 Å². The third-order valence-corrected chi connectivity index (χ3v) is 3.50. The molecule has 0 spiro atoms. The maximum Gasteiger partial charge on any atom is 0.223 e. The molecule has 1 aliphatic carbocycles. The van der Waals surface area contributed by atoms with Gasteiger partial charge in [0, 0.05) is 12.5 Å². The normalized spacial score (nSPS) is 16.3. The van der Waals surface area contributed by atoms with Crippen molar-refractivity contribution in [3.8, 4) is 0 Å². The Balaban J connectivity index is 1.65. The minimum Gasteiger partial charge on any atom is -0.356 e. The van der Waals surface area contributed by atoms with E-state index in [4.69, 9.17) is 0 Å². The first-order chi connectivity index (χ1) is 6.86. The number of carbonyl (C=O) groups is 1. The van der Waals surface area contributed by atoms with Crippen LogP contribution < -0.4 is 5.32 Å². The van der Waals surface area contributed by atoms with Gasteiger partial charge in [-0.25, -0.2) is 0 Å². The largest absolute Gasteiger partial charge is 0.356 e. The van der Waals surface area contributed by atoms with Crippen molar-refractivity contribution in [3.05, 3.63) is 22.4 Å². The van der Waals surface area contributed by atoms with Crippen LogP contribution in [0.1, 0.15) is 24.8 Å². The van der Waals surface area contributed by atoms with Gasteiger partial charge in [-0.05, 0) is 41.7 Å². The first-order valence-electron chi connectivity index (χ1n) is 5.15. The van der Waals surface area contributed by atoms with Gasteiger partial charge in [0.05, 0.1) is 0 Å². The fourth-order valence-electron chi connectivity index (χ4n) is 1.58. The standard InChI is InChI=1S/C11H15NOS/c13-11(10-2-1-3-10)12-6-4-9-5-7-14-8-9/h5,7-8,10H,1-4,6H2,(H,12,13). The molecule has 0 radical (unpaired) electrons. The molecule has 1 heterocycles. The highest BCUT2D eigenvalue weighted by Crippen LogP contribution is 2.26. The van der Waals surface area contributed by atoms with Gasteiger partial charge in [-0.1, -0.05) is 6.42 Å². The second kappa shape index (κ2) is 4.60. The van der Waals surface area contributed by atoms with Crippen LogP contribution in [-0.4, -0.2) is 12.5 Å². The summed E-state index contributed by atoms with van der Waals surface area (Å²) >= 11 is 1.71. The summed E-state index contributed by atoms with van der Waals surface area (Å²) in [5.41, 5.74) is 1.32. The molecule has 0 saturated heterocycles. The summed E-state index contributed by atoms with van der Waals surface area (Å²) in [4.78, 5) is 11.4. The highest BCUT2D eigenvalue weighted by molar-refractivity contribution is 7.07. The van der Waals surface area contributed by atoms with Crippen molar-refractivity contribution in [2.24, 2.45) is 5.92 Å². The van der Waals surface area contributed by atoms with Crippen molar-refractivity contribution >= 4 is 17.2 Å². The molecule has 1 saturated carbocycles. The van der Waals surface area contributed by atoms with Crippen molar-refractivity contribution in [2.75, 3.05) is 6.54 Å². The van der Waals surface area contributed by atoms with Crippen molar-refractivity contribution in [1.29, 1.82) is 0 Å². The molecule has 0 bridgehead atoms. The molecule has 1 aromatic heterocycles. The lowest BCUT2D eigenvalue weighted by Crippen LogP contribution is -2.35. The molecule has 1 N–H and O–H groups in total. The third kappa shape index (κ3) is 2.35. The fourth-order valence-corrected chi connectivity index (χ4v) is 2.28. The number of rotatable bonds is 4. The summed E-state index contributed by atoms with van der Waals surface area (Å²) in [6.45, 7) is 0.784. The van der Waals surface area contributed by atoms with Crippen LogP contribution in [0.5, 0.6) is 0 Å². The summed E-state index contributed by atoms with van der Waals surface area (Å²) in [5.74, 6) is 0.573. The Morgan fingerprint density at radius 3 is 3.00 bits per heavy atom. The fraction of sp³-hybridized carbons (Fsp3) is 0.545. The molecule has 76 valence electrons. The van der Waals surface area contributed by atoms with Crippen LogP contribution in [0, 0.1) is 5.92 Å². The Labute approximate surface area is 88.3 Å². The Morgan fingerprint density at radius 1 is 1.57 bits per heavy atom. The van der Waals surface area contributed by atoms with E-state index in [1.54, 1.807) is 11.3 Å². The average molecular weight is 209 g/mol. The van der Waals surface area contributed by atoms with E-state index < -0.39 is 0 Å². The Kier molecular flexibility index (Phi) is 3.19. The second-order valence-corrected chi connectivity index (χ2v) is 4.58. The number of hydrogen-bond donors (Lipinski definition) is 1. The molecule has 1 aliphatic rings. The number of amides is 1. The molecule has 2 nitrogen and oxygen atoms in total. The van der Waals surface area contributed by atoms with E-state index >= 15 is 0 Å². The molecule has 2 rings (SSSR count). The van der Waals surface area contributed by atoms with Crippen LogP contribution in [-0.2, 0) is 11.2 Å². The summed E-state index contributed by atoms with van der Waals surface area (Å²) in [7, 11) is 0. The highest BCUT2D eigenvalue weighted by Gasteiger charge is 2.24. The van der Waals surface area contributed by atoms with Crippen LogP contribution in [0.4, 0.5) is 0 Å². The zero-order valence-electron chi connectivity index (χ0n) is 8.16. The molecule has 1 amide bonds. The van der Waals surface area contributed by atoms with E-state index in [1.165, 1.54) is 12.0 Å². The van der Waals surface area contributed by atoms with E-state index in [0.29, 0.717) is 5.92 Å². The average Bonchev–Trinajstić information content (AvgIpc) is 2.53. The minimum atomic E-state index is 0.256. The molecule has 0 atom stereocenters. The Hall–Kier alpha value is -0.830. The lowest BCUT2D eigenvalue weighted by molar-refractivity contribution is -0.127. The number of thiophene rings is 1. The van der Waals surface area contributed by atoms with Crippen LogP contribution >= 0.6 is 11.3 Å². The van der Waals surface area contributed by atoms with Gasteiger partial charge in [0.2, 0.25) is 5.91 Å². The number of carbonyl (C=O) groups excluding carboxylic acids is 1. The topological polar surface area (TPSA) is 29.1 Å². The predicted molar refractivity (Wildman–Crippen MR) is 58.4 cm³/mol. The lowest BCUT2D eigenvalue weighted by Gasteiger charge is -2.23. The van der Waals surface area contributed by atoms with Gasteiger partial charge >= 0.3 is 0 Å². The van der Waals surface area contributed by atoms with Gasteiger partial charge in [-0.15, -0.1) is 0 Å². The first kappa shape index (κ1) is 9.71. The van der Waals surface area contributed by atoms with Gasteiger partial charge in [0.25, 0.3) is 0 Å². The summed E-state index contributed by atoms with van der Waals surface area (Å²) in [6, 6.07) is 2.11. The van der Waals surface area contributed by atoms with E-state index in [1.807, 2.05) is 0 Å². The zero-order valence-corrected chi connectivity index (χ0v) is 8.98. The second-order valence-electron chi connectivity index (χ2n) is 3.80. The zero-order chi connectivity index (χ0) is 9.80. The summed E-state index contributed by atoms with van der Waals surface area (Å²) in [5, 5.41) is 7.20. The maximum atomic E-state index is 11.4. The molecule has 0 aromatic carbocycles. The first-order valence-corrected chi connectivity index (χ1v) is 6.09.